The van der Waals surface area contributed by atoms with Crippen LogP contribution in [0.3, 0.4) is 0 Å². The van der Waals surface area contributed by atoms with Gasteiger partial charge in [-0.05, 0) is 29.8 Å². The second-order valence-corrected chi connectivity index (χ2v) is 7.08. The van der Waals surface area contributed by atoms with E-state index in [1.54, 1.807) is 38.5 Å². The van der Waals surface area contributed by atoms with Crippen LogP contribution in [0, 0.1) is 5.92 Å². The molecule has 0 radical (unpaired) electrons. The third kappa shape index (κ3) is 4.87. The minimum atomic E-state index is -0.775. The van der Waals surface area contributed by atoms with E-state index < -0.39 is 18.0 Å². The molecule has 3 rings (SSSR count). The largest absolute Gasteiger partial charge is 0.493 e. The smallest absolute Gasteiger partial charge is 0.418 e. The maximum atomic E-state index is 12.3. The molecule has 0 spiro atoms. The van der Waals surface area contributed by atoms with E-state index in [0.717, 1.165) is 5.56 Å². The topological polar surface area (TPSA) is 118 Å². The molecule has 0 saturated carbocycles. The summed E-state index contributed by atoms with van der Waals surface area (Å²) in [4.78, 5) is 15.5. The van der Waals surface area contributed by atoms with E-state index in [-0.39, 0.29) is 18.9 Å². The molecule has 1 heterocycles. The highest BCUT2D eigenvalue weighted by Crippen LogP contribution is 2.43. The summed E-state index contributed by atoms with van der Waals surface area (Å²) in [6.45, 7) is 0.284. The maximum Gasteiger partial charge on any atom is 0.418 e. The van der Waals surface area contributed by atoms with E-state index in [0.29, 0.717) is 34.3 Å². The Balaban J connectivity index is 1.84. The first-order chi connectivity index (χ1) is 16.0. The van der Waals surface area contributed by atoms with Crippen LogP contribution in [0.5, 0.6) is 28.7 Å². The molecular formula is C23H26N2O8. The molecule has 0 aromatic heterocycles. The lowest BCUT2D eigenvalue weighted by atomic mass is 9.94. The predicted octanol–water partition coefficient (Wildman–Crippen LogP) is 2.83. The van der Waals surface area contributed by atoms with Gasteiger partial charge in [0.25, 0.3) is 0 Å². The summed E-state index contributed by atoms with van der Waals surface area (Å²) in [6, 6.07) is 8.78. The van der Waals surface area contributed by atoms with Crippen molar-refractivity contribution in [1.29, 1.82) is 0 Å². The number of rotatable bonds is 10. The van der Waals surface area contributed by atoms with Crippen LogP contribution in [-0.4, -0.2) is 58.6 Å². The number of benzene rings is 2. The van der Waals surface area contributed by atoms with Crippen molar-refractivity contribution in [3.05, 3.63) is 47.0 Å². The zero-order chi connectivity index (χ0) is 24.0. The van der Waals surface area contributed by atoms with Crippen molar-refractivity contribution in [3.8, 4) is 28.7 Å². The van der Waals surface area contributed by atoms with Gasteiger partial charge in [0.05, 0.1) is 48.8 Å². The molecule has 0 amide bonds. The lowest BCUT2D eigenvalue weighted by molar-refractivity contribution is -0.140. The zero-order valence-electron chi connectivity index (χ0n) is 19.1. The summed E-state index contributed by atoms with van der Waals surface area (Å²) in [6.07, 6.45) is -0.775. The summed E-state index contributed by atoms with van der Waals surface area (Å²) >= 11 is 0. The van der Waals surface area contributed by atoms with Gasteiger partial charge in [-0.2, -0.15) is 4.79 Å². The molecule has 2 aromatic rings. The van der Waals surface area contributed by atoms with Crippen molar-refractivity contribution in [3.63, 3.8) is 0 Å². The fourth-order valence-corrected chi connectivity index (χ4v) is 3.67. The number of methoxy groups -OCH3 is 5. The number of hydrogen-bond acceptors (Lipinski definition) is 8. The molecule has 0 N–H and O–H groups in total. The van der Waals surface area contributed by atoms with Gasteiger partial charge in [0.2, 0.25) is 5.75 Å². The van der Waals surface area contributed by atoms with E-state index in [9.17, 15) is 10.3 Å². The van der Waals surface area contributed by atoms with Gasteiger partial charge in [0.15, 0.2) is 23.0 Å². The highest BCUT2D eigenvalue weighted by molar-refractivity contribution is 6.36. The monoisotopic (exact) mass is 458 g/mol. The van der Waals surface area contributed by atoms with E-state index in [1.807, 2.05) is 6.07 Å². The number of carbonyl (C=O) groups excluding carboxylic acids is 1. The number of nitrogens with zero attached hydrogens (tertiary/aromatic N) is 2. The molecule has 33 heavy (non-hydrogen) atoms. The number of hydrogen-bond donors (Lipinski definition) is 0. The van der Waals surface area contributed by atoms with Crippen LogP contribution in [0.25, 0.3) is 5.53 Å². The van der Waals surface area contributed by atoms with Crippen molar-refractivity contribution in [2.45, 2.75) is 12.7 Å². The Morgan fingerprint density at radius 2 is 1.52 bits per heavy atom. The van der Waals surface area contributed by atoms with Gasteiger partial charge in [-0.25, -0.2) is 4.79 Å². The van der Waals surface area contributed by atoms with E-state index >= 15 is 0 Å². The van der Waals surface area contributed by atoms with Crippen LogP contribution in [0.1, 0.15) is 17.2 Å². The van der Waals surface area contributed by atoms with E-state index in [1.165, 1.54) is 21.3 Å². The fraction of sp³-hybridized carbons (Fsp3) is 0.391. The lowest BCUT2D eigenvalue weighted by Crippen LogP contribution is -2.23. The molecule has 1 aliphatic heterocycles. The van der Waals surface area contributed by atoms with Crippen LogP contribution < -0.4 is 23.7 Å². The molecule has 0 bridgehead atoms. The molecule has 1 saturated heterocycles. The predicted molar refractivity (Wildman–Crippen MR) is 116 cm³/mol. The summed E-state index contributed by atoms with van der Waals surface area (Å²) in [7, 11) is 7.59. The molecule has 176 valence electrons. The standard InChI is InChI=1S/C23H26N2O8/c1-27-16-7-6-13(8-17(16)28-2)11-32-12-15-20(25-24)23(26)33-21(15)14-9-18(29-3)22(31-5)19(10-14)30-4/h6-10,15,21H,11-12H2,1-5H3/t15-,21+/m1/s1. The Labute approximate surface area is 191 Å². The molecule has 0 aliphatic carbocycles. The third-order valence-electron chi connectivity index (χ3n) is 5.30. The van der Waals surface area contributed by atoms with Crippen LogP contribution in [0.15, 0.2) is 30.3 Å². The molecular weight excluding hydrogens is 432 g/mol. The third-order valence-corrected chi connectivity index (χ3v) is 5.30. The van der Waals surface area contributed by atoms with Gasteiger partial charge >= 0.3 is 11.7 Å². The normalized spacial score (nSPS) is 17.2. The average Bonchev–Trinajstić information content (AvgIpc) is 3.17. The Kier molecular flexibility index (Phi) is 7.76. The summed E-state index contributed by atoms with van der Waals surface area (Å²) in [5.74, 6) is 1.01. The van der Waals surface area contributed by atoms with Gasteiger partial charge in [0, 0.05) is 5.56 Å². The second-order valence-electron chi connectivity index (χ2n) is 7.08. The minimum absolute atomic E-state index is 0.0564. The summed E-state index contributed by atoms with van der Waals surface area (Å²) < 4.78 is 38.1. The minimum Gasteiger partial charge on any atom is -0.493 e. The maximum absolute atomic E-state index is 12.3. The zero-order valence-corrected chi connectivity index (χ0v) is 19.1. The highest BCUT2D eigenvalue weighted by Gasteiger charge is 2.49. The quantitative estimate of drug-likeness (QED) is 0.303. The first kappa shape index (κ1) is 23.9. The van der Waals surface area contributed by atoms with Gasteiger partial charge in [-0.15, -0.1) is 0 Å². The van der Waals surface area contributed by atoms with E-state index in [2.05, 4.69) is 4.79 Å². The number of ether oxygens (including phenoxy) is 7. The van der Waals surface area contributed by atoms with Crippen molar-refractivity contribution in [2.75, 3.05) is 42.2 Å². The molecule has 10 heteroatoms. The first-order valence-corrected chi connectivity index (χ1v) is 10.0. The fourth-order valence-electron chi connectivity index (χ4n) is 3.67. The van der Waals surface area contributed by atoms with Crippen molar-refractivity contribution >= 4 is 11.7 Å². The summed E-state index contributed by atoms with van der Waals surface area (Å²) in [5, 5.41) is 0. The van der Waals surface area contributed by atoms with Gasteiger partial charge in [-0.1, -0.05) is 6.07 Å². The second kappa shape index (κ2) is 10.7. The lowest BCUT2D eigenvalue weighted by Gasteiger charge is -2.19. The van der Waals surface area contributed by atoms with Crippen molar-refractivity contribution < 1.29 is 42.7 Å². The van der Waals surface area contributed by atoms with Crippen molar-refractivity contribution in [2.24, 2.45) is 5.92 Å². The van der Waals surface area contributed by atoms with Gasteiger partial charge in [0.1, 0.15) is 12.0 Å². The Morgan fingerprint density at radius 1 is 0.879 bits per heavy atom. The molecule has 1 aliphatic rings. The van der Waals surface area contributed by atoms with Crippen LogP contribution in [0.4, 0.5) is 0 Å². The van der Waals surface area contributed by atoms with Crippen LogP contribution >= 0.6 is 0 Å². The van der Waals surface area contributed by atoms with Crippen LogP contribution in [-0.2, 0) is 20.9 Å². The molecule has 2 aromatic carbocycles. The Morgan fingerprint density at radius 3 is 2.06 bits per heavy atom. The van der Waals surface area contributed by atoms with E-state index in [4.69, 9.17) is 33.2 Å². The first-order valence-electron chi connectivity index (χ1n) is 10.0. The van der Waals surface area contributed by atoms with Crippen LogP contribution in [0.2, 0.25) is 0 Å². The Hall–Kier alpha value is -3.75. The number of cyclic esters (lactones) is 1. The molecule has 0 unspecified atom stereocenters. The Bertz CT molecular complexity index is 1040. The van der Waals surface area contributed by atoms with Gasteiger partial charge < -0.3 is 38.7 Å². The molecule has 10 nitrogen and oxygen atoms in total. The number of carbonyl (C=O) groups is 1. The summed E-state index contributed by atoms with van der Waals surface area (Å²) in [5.41, 5.74) is 10.7. The molecule has 1 fully saturated rings. The number of esters is 1. The van der Waals surface area contributed by atoms with Crippen molar-refractivity contribution in [1.82, 2.24) is 0 Å². The highest BCUT2D eigenvalue weighted by atomic mass is 16.6. The SMILES string of the molecule is COc1ccc(COC[C@@H]2C(=[N+]=[N-])C(=O)O[C@H]2c2cc(OC)c(OC)c(OC)c2)cc1OC. The average molecular weight is 458 g/mol. The van der Waals surface area contributed by atoms with Gasteiger partial charge in [-0.3, -0.25) is 0 Å². The molecule has 2 atom stereocenters.